The van der Waals surface area contributed by atoms with Gasteiger partial charge in [0.2, 0.25) is 5.95 Å². The summed E-state index contributed by atoms with van der Waals surface area (Å²) in [5.41, 5.74) is 11.8. The molecule has 1 aliphatic rings. The van der Waals surface area contributed by atoms with Gasteiger partial charge < -0.3 is 14.2 Å². The molecule has 3 aromatic heterocycles. The van der Waals surface area contributed by atoms with Gasteiger partial charge in [-0.15, -0.1) is 0 Å². The van der Waals surface area contributed by atoms with Gasteiger partial charge in [0.05, 0.1) is 33.8 Å². The Kier molecular flexibility index (Phi) is 7.09. The average Bonchev–Trinajstić information content (AvgIpc) is 3.84. The SMILES string of the molecule is c1ccc(-c2nc(-c3cccc4oc5ccccc5c34)nc(-n3c4ccccc4c4cc5c(cc43)N(c3ccccc3)c3ccccc3N5c3ccccc3)n2)cc1. The molecule has 0 bridgehead atoms. The predicted molar refractivity (Wildman–Crippen MR) is 235 cm³/mol. The number of rotatable bonds is 5. The van der Waals surface area contributed by atoms with Gasteiger partial charge in [-0.25, -0.2) is 4.98 Å². The van der Waals surface area contributed by atoms with E-state index in [2.05, 4.69) is 148 Å². The smallest absolute Gasteiger partial charge is 0.238 e. The topological polar surface area (TPSA) is 63.2 Å². The van der Waals surface area contributed by atoms with Crippen LogP contribution in [0.5, 0.6) is 0 Å². The molecule has 0 atom stereocenters. The van der Waals surface area contributed by atoms with Crippen molar-refractivity contribution >= 4 is 77.9 Å². The van der Waals surface area contributed by atoms with Crippen molar-refractivity contribution in [3.63, 3.8) is 0 Å². The molecule has 0 fully saturated rings. The zero-order valence-corrected chi connectivity index (χ0v) is 31.1. The van der Waals surface area contributed by atoms with Crippen molar-refractivity contribution in [2.24, 2.45) is 0 Å². The third kappa shape index (κ3) is 4.90. The van der Waals surface area contributed by atoms with Crippen LogP contribution in [0.2, 0.25) is 0 Å². The monoisotopic (exact) mass is 744 g/mol. The quantitative estimate of drug-likeness (QED) is 0.175. The fourth-order valence-corrected chi connectivity index (χ4v) is 8.64. The molecule has 0 aliphatic carbocycles. The van der Waals surface area contributed by atoms with Crippen LogP contribution in [-0.4, -0.2) is 19.5 Å². The van der Waals surface area contributed by atoms with E-state index in [-0.39, 0.29) is 0 Å². The largest absolute Gasteiger partial charge is 0.456 e. The third-order valence-electron chi connectivity index (χ3n) is 11.1. The standard InChI is InChI=1S/C51H32N6O/c1-4-17-33(18-5-1)49-52-50(38-25-16-30-47-48(38)37-24-11-15-29-46(37)58-47)54-51(53-49)57-40-26-12-10-23-36(40)39-31-44-45(32-43(39)57)56(35-21-8-3-9-22-35)42-28-14-13-27-41(42)55(44)34-19-6-2-7-20-34/h1-32H. The van der Waals surface area contributed by atoms with E-state index < -0.39 is 0 Å². The zero-order valence-electron chi connectivity index (χ0n) is 31.1. The second kappa shape index (κ2) is 12.8. The molecule has 0 unspecified atom stereocenters. The maximum absolute atomic E-state index is 6.33. The van der Waals surface area contributed by atoms with Crippen molar-refractivity contribution in [3.05, 3.63) is 194 Å². The second-order valence-corrected chi connectivity index (χ2v) is 14.5. The molecule has 7 heteroatoms. The van der Waals surface area contributed by atoms with Crippen LogP contribution < -0.4 is 9.80 Å². The van der Waals surface area contributed by atoms with Gasteiger partial charge >= 0.3 is 0 Å². The number of para-hydroxylation sites is 6. The zero-order chi connectivity index (χ0) is 38.2. The summed E-state index contributed by atoms with van der Waals surface area (Å²) in [6.45, 7) is 0. The first-order valence-corrected chi connectivity index (χ1v) is 19.4. The molecule has 0 N–H and O–H groups in total. The highest BCUT2D eigenvalue weighted by atomic mass is 16.3. The molecule has 12 rings (SSSR count). The molecule has 4 heterocycles. The lowest BCUT2D eigenvalue weighted by Gasteiger charge is -2.40. The highest BCUT2D eigenvalue weighted by Crippen LogP contribution is 2.55. The van der Waals surface area contributed by atoms with Crippen molar-refractivity contribution in [2.45, 2.75) is 0 Å². The lowest BCUT2D eigenvalue weighted by atomic mass is 10.0. The molecule has 8 aromatic carbocycles. The van der Waals surface area contributed by atoms with E-state index in [9.17, 15) is 0 Å². The van der Waals surface area contributed by atoms with Gasteiger partial charge in [-0.2, -0.15) is 9.97 Å². The summed E-state index contributed by atoms with van der Waals surface area (Å²) in [7, 11) is 0. The Hall–Kier alpha value is -8.03. The van der Waals surface area contributed by atoms with E-state index in [4.69, 9.17) is 19.4 Å². The normalized spacial score (nSPS) is 12.4. The summed E-state index contributed by atoms with van der Waals surface area (Å²) in [6.07, 6.45) is 0. The minimum absolute atomic E-state index is 0.530. The summed E-state index contributed by atoms with van der Waals surface area (Å²) < 4.78 is 8.53. The number of fused-ring (bicyclic) bond motifs is 8. The Balaban J connectivity index is 1.18. The Morgan fingerprint density at radius 1 is 0.379 bits per heavy atom. The van der Waals surface area contributed by atoms with Crippen LogP contribution in [0.1, 0.15) is 0 Å². The fraction of sp³-hybridized carbons (Fsp3) is 0. The first-order valence-electron chi connectivity index (χ1n) is 19.4. The highest BCUT2D eigenvalue weighted by molar-refractivity contribution is 6.15. The van der Waals surface area contributed by atoms with Crippen LogP contribution in [0.4, 0.5) is 34.1 Å². The molecule has 0 amide bonds. The Bertz CT molecular complexity index is 3360. The summed E-state index contributed by atoms with van der Waals surface area (Å²) in [5, 5.41) is 4.19. The Morgan fingerprint density at radius 3 is 1.67 bits per heavy atom. The number of anilines is 6. The molecule has 0 spiro atoms. The van der Waals surface area contributed by atoms with E-state index >= 15 is 0 Å². The van der Waals surface area contributed by atoms with Crippen molar-refractivity contribution in [1.29, 1.82) is 0 Å². The summed E-state index contributed by atoms with van der Waals surface area (Å²) in [6, 6.07) is 67.4. The van der Waals surface area contributed by atoms with Crippen LogP contribution >= 0.6 is 0 Å². The average molecular weight is 745 g/mol. The first-order chi connectivity index (χ1) is 28.8. The van der Waals surface area contributed by atoms with Gasteiger partial charge in [0.1, 0.15) is 11.2 Å². The summed E-state index contributed by atoms with van der Waals surface area (Å²) in [5.74, 6) is 1.69. The van der Waals surface area contributed by atoms with Crippen molar-refractivity contribution in [1.82, 2.24) is 19.5 Å². The first kappa shape index (κ1) is 32.2. The van der Waals surface area contributed by atoms with Gasteiger partial charge in [0.25, 0.3) is 0 Å². The van der Waals surface area contributed by atoms with Crippen LogP contribution in [0.25, 0.3) is 72.5 Å². The lowest BCUT2D eigenvalue weighted by molar-refractivity contribution is 0.669. The second-order valence-electron chi connectivity index (χ2n) is 14.5. The Morgan fingerprint density at radius 2 is 0.948 bits per heavy atom. The molecular weight excluding hydrogens is 713 g/mol. The molecule has 272 valence electrons. The van der Waals surface area contributed by atoms with E-state index in [1.54, 1.807) is 0 Å². The van der Waals surface area contributed by atoms with Gasteiger partial charge in [0, 0.05) is 44.0 Å². The van der Waals surface area contributed by atoms with Crippen LogP contribution in [0.15, 0.2) is 199 Å². The lowest BCUT2D eigenvalue weighted by Crippen LogP contribution is -2.24. The number of nitrogens with zero attached hydrogens (tertiary/aromatic N) is 6. The summed E-state index contributed by atoms with van der Waals surface area (Å²) in [4.78, 5) is 20.6. The van der Waals surface area contributed by atoms with E-state index in [1.165, 1.54) is 0 Å². The molecule has 0 saturated carbocycles. The summed E-state index contributed by atoms with van der Waals surface area (Å²) >= 11 is 0. The molecule has 11 aromatic rings. The molecule has 0 radical (unpaired) electrons. The maximum atomic E-state index is 6.33. The molecule has 7 nitrogen and oxygen atoms in total. The molecule has 58 heavy (non-hydrogen) atoms. The van der Waals surface area contributed by atoms with Crippen molar-refractivity contribution < 1.29 is 4.42 Å². The Labute approximate surface area is 333 Å². The van der Waals surface area contributed by atoms with E-state index in [0.29, 0.717) is 17.6 Å². The van der Waals surface area contributed by atoms with Crippen LogP contribution in [0, 0.1) is 0 Å². The minimum Gasteiger partial charge on any atom is -0.456 e. The molecular formula is C51H32N6O. The van der Waals surface area contributed by atoms with Gasteiger partial charge in [0.15, 0.2) is 11.6 Å². The van der Waals surface area contributed by atoms with Gasteiger partial charge in [-0.05, 0) is 66.7 Å². The predicted octanol–water partition coefficient (Wildman–Crippen LogP) is 13.5. The molecule has 1 aliphatic heterocycles. The number of hydrogen-bond donors (Lipinski definition) is 0. The van der Waals surface area contributed by atoms with E-state index in [1.807, 2.05) is 60.7 Å². The van der Waals surface area contributed by atoms with Crippen LogP contribution in [0.3, 0.4) is 0 Å². The van der Waals surface area contributed by atoms with E-state index in [0.717, 1.165) is 89.0 Å². The van der Waals surface area contributed by atoms with Crippen LogP contribution in [-0.2, 0) is 0 Å². The van der Waals surface area contributed by atoms with Crippen molar-refractivity contribution in [3.8, 4) is 28.7 Å². The maximum Gasteiger partial charge on any atom is 0.238 e. The third-order valence-corrected chi connectivity index (χ3v) is 11.1. The minimum atomic E-state index is 0.530. The highest BCUT2D eigenvalue weighted by Gasteiger charge is 2.32. The van der Waals surface area contributed by atoms with Gasteiger partial charge in [-0.1, -0.05) is 127 Å². The number of aromatic nitrogens is 4. The number of benzene rings is 8. The molecule has 0 saturated heterocycles. The van der Waals surface area contributed by atoms with Gasteiger partial charge in [-0.3, -0.25) is 4.57 Å². The van der Waals surface area contributed by atoms with Crippen molar-refractivity contribution in [2.75, 3.05) is 9.80 Å². The number of hydrogen-bond acceptors (Lipinski definition) is 6. The number of furan rings is 1. The fourth-order valence-electron chi connectivity index (χ4n) is 8.64.